The van der Waals surface area contributed by atoms with Gasteiger partial charge in [-0.1, -0.05) is 59.8 Å². The second-order valence-corrected chi connectivity index (χ2v) is 10.3. The van der Waals surface area contributed by atoms with Crippen LogP contribution in [0.3, 0.4) is 0 Å². The summed E-state index contributed by atoms with van der Waals surface area (Å²) in [5.41, 5.74) is 3.70. The van der Waals surface area contributed by atoms with Crippen molar-refractivity contribution >= 4 is 39.1 Å². The minimum atomic E-state index is -0.0365. The van der Waals surface area contributed by atoms with E-state index < -0.39 is 0 Å². The molecule has 0 amide bonds. The maximum atomic E-state index is 13.8. The smallest absolute Gasteiger partial charge is 0.267 e. The highest BCUT2D eigenvalue weighted by atomic mass is 32.2. The largest absolute Gasteiger partial charge is 0.333 e. The van der Waals surface area contributed by atoms with Crippen LogP contribution in [-0.2, 0) is 13.0 Å². The van der Waals surface area contributed by atoms with Crippen LogP contribution in [0.1, 0.15) is 26.4 Å². The fraction of sp³-hybridized carbons (Fsp3) is 0.240. The van der Waals surface area contributed by atoms with E-state index in [9.17, 15) is 9.59 Å². The Hall–Kier alpha value is -2.74. The van der Waals surface area contributed by atoms with Crippen LogP contribution in [0, 0.1) is 6.92 Å². The molecule has 0 bridgehead atoms. The first-order valence-corrected chi connectivity index (χ1v) is 12.5. The predicted octanol–water partition coefficient (Wildman–Crippen LogP) is 3.30. The molecule has 0 radical (unpaired) electrons. The van der Waals surface area contributed by atoms with Gasteiger partial charge in [0, 0.05) is 12.0 Å². The number of Topliss-reactive ketones (excluding diaryl/α,β-unsaturated/α-hetero) is 1. The van der Waals surface area contributed by atoms with Crippen LogP contribution >= 0.6 is 23.1 Å². The van der Waals surface area contributed by atoms with E-state index in [4.69, 9.17) is 4.98 Å². The number of ketones is 1. The number of rotatable bonds is 5. The van der Waals surface area contributed by atoms with Gasteiger partial charge in [0.25, 0.3) is 5.56 Å². The van der Waals surface area contributed by atoms with Crippen molar-refractivity contribution in [2.45, 2.75) is 25.0 Å². The molecule has 1 aliphatic heterocycles. The Morgan fingerprint density at radius 2 is 1.91 bits per heavy atom. The average molecular weight is 463 g/mol. The normalized spacial score (nSPS) is 15.6. The molecule has 0 fully saturated rings. The van der Waals surface area contributed by atoms with Crippen molar-refractivity contribution in [3.63, 3.8) is 0 Å². The molecule has 1 atom stereocenters. The summed E-state index contributed by atoms with van der Waals surface area (Å²) in [7, 11) is 2.18. The lowest BCUT2D eigenvalue weighted by Crippen LogP contribution is -3.08. The number of benzene rings is 2. The number of aromatic nitrogens is 2. The van der Waals surface area contributed by atoms with Crippen molar-refractivity contribution in [1.29, 1.82) is 0 Å². The maximum absolute atomic E-state index is 13.8. The van der Waals surface area contributed by atoms with E-state index in [0.717, 1.165) is 46.5 Å². The summed E-state index contributed by atoms with van der Waals surface area (Å²) in [6, 6.07) is 17.1. The summed E-state index contributed by atoms with van der Waals surface area (Å²) in [6.07, 6.45) is 0.894. The third kappa shape index (κ3) is 3.92. The first kappa shape index (κ1) is 21.1. The molecule has 1 N–H and O–H groups in total. The van der Waals surface area contributed by atoms with Gasteiger partial charge in [-0.05, 0) is 24.6 Å². The molecular formula is C25H24N3O2S2+. The summed E-state index contributed by atoms with van der Waals surface area (Å²) < 4.78 is 1.68. The maximum Gasteiger partial charge on any atom is 0.267 e. The van der Waals surface area contributed by atoms with E-state index in [1.165, 1.54) is 21.5 Å². The number of nitrogens with zero attached hydrogens (tertiary/aromatic N) is 2. The zero-order chi connectivity index (χ0) is 22.2. The summed E-state index contributed by atoms with van der Waals surface area (Å²) in [5, 5.41) is 1.31. The molecule has 5 rings (SSSR count). The Bertz CT molecular complexity index is 1360. The molecular weight excluding hydrogens is 438 g/mol. The highest BCUT2D eigenvalue weighted by Crippen LogP contribution is 2.32. The van der Waals surface area contributed by atoms with Crippen LogP contribution in [0.2, 0.25) is 0 Å². The second kappa shape index (κ2) is 8.65. The Labute approximate surface area is 194 Å². The van der Waals surface area contributed by atoms with E-state index in [1.807, 2.05) is 61.5 Å². The van der Waals surface area contributed by atoms with Gasteiger partial charge >= 0.3 is 0 Å². The molecule has 2 aromatic heterocycles. The minimum absolute atomic E-state index is 0.0242. The SMILES string of the molecule is Cc1ccc(-n2c(SCC(=O)c3ccccc3)nc3sc4c(c3c2=O)CC[NH+](C)C4)cc1. The van der Waals surface area contributed by atoms with Crippen molar-refractivity contribution < 1.29 is 9.69 Å². The lowest BCUT2D eigenvalue weighted by Gasteiger charge is -2.19. The van der Waals surface area contributed by atoms with Gasteiger partial charge < -0.3 is 4.90 Å². The Balaban J connectivity index is 1.61. The fourth-order valence-electron chi connectivity index (χ4n) is 4.10. The van der Waals surface area contributed by atoms with Crippen LogP contribution in [0.4, 0.5) is 0 Å². The summed E-state index contributed by atoms with van der Waals surface area (Å²) in [4.78, 5) is 34.9. The van der Waals surface area contributed by atoms with Crippen LogP contribution in [-0.4, -0.2) is 34.7 Å². The molecule has 7 heteroatoms. The fourth-order valence-corrected chi connectivity index (χ4v) is 6.38. The first-order valence-electron chi connectivity index (χ1n) is 10.7. The first-order chi connectivity index (χ1) is 15.5. The number of quaternary nitrogens is 1. The number of thioether (sulfide) groups is 1. The van der Waals surface area contributed by atoms with Gasteiger partial charge in [-0.3, -0.25) is 14.2 Å². The number of thiophene rings is 1. The summed E-state index contributed by atoms with van der Waals surface area (Å²) in [6.45, 7) is 3.97. The molecule has 0 spiro atoms. The van der Waals surface area contributed by atoms with Gasteiger partial charge in [-0.25, -0.2) is 4.98 Å². The van der Waals surface area contributed by atoms with E-state index in [0.29, 0.717) is 10.7 Å². The van der Waals surface area contributed by atoms with Crippen molar-refractivity contribution in [2.24, 2.45) is 0 Å². The molecule has 162 valence electrons. The van der Waals surface area contributed by atoms with E-state index >= 15 is 0 Å². The molecule has 0 saturated heterocycles. The number of hydrogen-bond donors (Lipinski definition) is 1. The van der Waals surface area contributed by atoms with Gasteiger partial charge in [0.05, 0.1) is 35.3 Å². The number of fused-ring (bicyclic) bond motifs is 3. The van der Waals surface area contributed by atoms with E-state index in [2.05, 4.69) is 7.05 Å². The number of carbonyl (C=O) groups is 1. The third-order valence-electron chi connectivity index (χ3n) is 5.86. The molecule has 5 nitrogen and oxygen atoms in total. The Kier molecular flexibility index (Phi) is 5.71. The van der Waals surface area contributed by atoms with Crippen molar-refractivity contribution in [3.8, 4) is 5.69 Å². The molecule has 3 heterocycles. The van der Waals surface area contributed by atoms with Gasteiger partial charge in [-0.2, -0.15) is 0 Å². The molecule has 0 saturated carbocycles. The predicted molar refractivity (Wildman–Crippen MR) is 131 cm³/mol. The van der Waals surface area contributed by atoms with Crippen molar-refractivity contribution in [2.75, 3.05) is 19.3 Å². The summed E-state index contributed by atoms with van der Waals surface area (Å²) >= 11 is 2.95. The monoisotopic (exact) mass is 462 g/mol. The highest BCUT2D eigenvalue weighted by Gasteiger charge is 2.26. The van der Waals surface area contributed by atoms with Crippen molar-refractivity contribution in [1.82, 2.24) is 9.55 Å². The molecule has 0 aliphatic carbocycles. The molecule has 32 heavy (non-hydrogen) atoms. The van der Waals surface area contributed by atoms with Gasteiger partial charge in [0.1, 0.15) is 11.4 Å². The number of likely N-dealkylation sites (N-methyl/N-ethyl adjacent to an activating group) is 1. The van der Waals surface area contributed by atoms with Crippen LogP contribution in [0.25, 0.3) is 15.9 Å². The number of carbonyl (C=O) groups excluding carboxylic acids is 1. The average Bonchev–Trinajstić information content (AvgIpc) is 3.16. The topological polar surface area (TPSA) is 56.4 Å². The van der Waals surface area contributed by atoms with E-state index in [-0.39, 0.29) is 17.1 Å². The second-order valence-electron chi connectivity index (χ2n) is 8.27. The quantitative estimate of drug-likeness (QED) is 0.281. The molecule has 1 unspecified atom stereocenters. The number of nitrogens with one attached hydrogen (secondary N) is 1. The lowest BCUT2D eigenvalue weighted by molar-refractivity contribution is -0.895. The van der Waals surface area contributed by atoms with Gasteiger partial charge in [0.15, 0.2) is 10.9 Å². The van der Waals surface area contributed by atoms with Crippen molar-refractivity contribution in [3.05, 3.63) is 86.5 Å². The van der Waals surface area contributed by atoms with Gasteiger partial charge in [-0.15, -0.1) is 11.3 Å². The summed E-state index contributed by atoms with van der Waals surface area (Å²) in [5.74, 6) is 0.252. The van der Waals surface area contributed by atoms with Crippen LogP contribution in [0.5, 0.6) is 0 Å². The molecule has 2 aromatic carbocycles. The lowest BCUT2D eigenvalue weighted by atomic mass is 10.1. The Morgan fingerprint density at radius 1 is 1.16 bits per heavy atom. The zero-order valence-corrected chi connectivity index (χ0v) is 19.7. The van der Waals surface area contributed by atoms with Crippen LogP contribution < -0.4 is 10.5 Å². The third-order valence-corrected chi connectivity index (χ3v) is 7.93. The van der Waals surface area contributed by atoms with Crippen LogP contribution in [0.15, 0.2) is 64.5 Å². The standard InChI is InChI=1S/C25H23N3O2S2/c1-16-8-10-18(11-9-16)28-24(30)22-19-12-13-27(2)14-21(19)32-23(22)26-25(28)31-15-20(29)17-6-4-3-5-7-17/h3-11H,12-15H2,1-2H3/p+1. The number of hydrogen-bond acceptors (Lipinski definition) is 5. The highest BCUT2D eigenvalue weighted by molar-refractivity contribution is 7.99. The zero-order valence-electron chi connectivity index (χ0n) is 18.1. The molecule has 4 aromatic rings. The number of aryl methyl sites for hydroxylation is 1. The minimum Gasteiger partial charge on any atom is -0.333 e. The molecule has 1 aliphatic rings. The van der Waals surface area contributed by atoms with E-state index in [1.54, 1.807) is 15.9 Å². The Morgan fingerprint density at radius 3 is 2.66 bits per heavy atom. The van der Waals surface area contributed by atoms with Gasteiger partial charge in [0.2, 0.25) is 0 Å².